The fourth-order valence-corrected chi connectivity index (χ4v) is 2.41. The summed E-state index contributed by atoms with van der Waals surface area (Å²) in [6.07, 6.45) is 1.96. The predicted octanol–water partition coefficient (Wildman–Crippen LogP) is 1.50. The molecule has 1 atom stereocenters. The molecular formula is C13H17FN2O2. The molecule has 0 aromatic heterocycles. The van der Waals surface area contributed by atoms with E-state index in [1.165, 1.54) is 12.1 Å². The average molecular weight is 252 g/mol. The Balaban J connectivity index is 2.28. The molecule has 0 saturated carbocycles. The minimum absolute atomic E-state index is 0.0756. The maximum atomic E-state index is 13.0. The van der Waals surface area contributed by atoms with Gasteiger partial charge in [0.25, 0.3) is 0 Å². The monoisotopic (exact) mass is 252 g/mol. The first-order chi connectivity index (χ1) is 8.66. The largest absolute Gasteiger partial charge is 0.396 e. The van der Waals surface area contributed by atoms with E-state index in [4.69, 9.17) is 5.11 Å². The number of nitrogens with one attached hydrogen (secondary N) is 2. The van der Waals surface area contributed by atoms with Gasteiger partial charge >= 0.3 is 6.03 Å². The van der Waals surface area contributed by atoms with E-state index in [-0.39, 0.29) is 18.5 Å². The highest BCUT2D eigenvalue weighted by Gasteiger charge is 2.35. The van der Waals surface area contributed by atoms with Gasteiger partial charge in [-0.15, -0.1) is 0 Å². The summed E-state index contributed by atoms with van der Waals surface area (Å²) in [5.74, 6) is -0.295. The van der Waals surface area contributed by atoms with Crippen LogP contribution < -0.4 is 10.6 Å². The first-order valence-electron chi connectivity index (χ1n) is 6.09. The van der Waals surface area contributed by atoms with E-state index in [0.717, 1.165) is 12.0 Å². The van der Waals surface area contributed by atoms with Gasteiger partial charge in [0.1, 0.15) is 5.82 Å². The molecule has 1 aliphatic heterocycles. The van der Waals surface area contributed by atoms with Gasteiger partial charge in [-0.2, -0.15) is 0 Å². The van der Waals surface area contributed by atoms with Gasteiger partial charge in [0, 0.05) is 13.2 Å². The minimum Gasteiger partial charge on any atom is -0.396 e. The number of hydrogen-bond acceptors (Lipinski definition) is 2. The van der Waals surface area contributed by atoms with Crippen molar-refractivity contribution >= 4 is 6.03 Å². The summed E-state index contributed by atoms with van der Waals surface area (Å²) in [6.45, 7) is 0.654. The van der Waals surface area contributed by atoms with Crippen LogP contribution in [0.1, 0.15) is 24.8 Å². The molecule has 0 bridgehead atoms. The quantitative estimate of drug-likeness (QED) is 0.760. The lowest BCUT2D eigenvalue weighted by Gasteiger charge is -2.39. The van der Waals surface area contributed by atoms with E-state index in [2.05, 4.69) is 10.6 Å². The zero-order valence-electron chi connectivity index (χ0n) is 10.1. The van der Waals surface area contributed by atoms with E-state index in [9.17, 15) is 9.18 Å². The smallest absolute Gasteiger partial charge is 0.315 e. The van der Waals surface area contributed by atoms with Gasteiger partial charge in [-0.25, -0.2) is 9.18 Å². The Morgan fingerprint density at radius 3 is 2.67 bits per heavy atom. The first kappa shape index (κ1) is 12.8. The summed E-state index contributed by atoms with van der Waals surface area (Å²) in [5.41, 5.74) is 0.380. The van der Waals surface area contributed by atoms with Crippen molar-refractivity contribution in [2.24, 2.45) is 0 Å². The summed E-state index contributed by atoms with van der Waals surface area (Å²) in [4.78, 5) is 11.5. The fourth-order valence-electron chi connectivity index (χ4n) is 2.41. The first-order valence-corrected chi connectivity index (χ1v) is 6.09. The maximum Gasteiger partial charge on any atom is 0.315 e. The van der Waals surface area contributed by atoms with Crippen LogP contribution in [0.3, 0.4) is 0 Å². The van der Waals surface area contributed by atoms with Crippen molar-refractivity contribution in [3.8, 4) is 0 Å². The molecule has 0 aliphatic carbocycles. The average Bonchev–Trinajstić information content (AvgIpc) is 2.37. The minimum atomic E-state index is -0.501. The van der Waals surface area contributed by atoms with E-state index in [1.807, 2.05) is 0 Å². The van der Waals surface area contributed by atoms with E-state index in [1.54, 1.807) is 12.1 Å². The fraction of sp³-hybridized carbons (Fsp3) is 0.462. The molecule has 1 unspecified atom stereocenters. The van der Waals surface area contributed by atoms with Crippen LogP contribution in [0.5, 0.6) is 0 Å². The zero-order valence-corrected chi connectivity index (χ0v) is 10.1. The Kier molecular flexibility index (Phi) is 3.81. The number of aliphatic hydroxyl groups excluding tert-OH is 1. The van der Waals surface area contributed by atoms with Crippen LogP contribution >= 0.6 is 0 Å². The maximum absolute atomic E-state index is 13.0. The third kappa shape index (κ3) is 2.61. The number of halogens is 1. The van der Waals surface area contributed by atoms with Crippen molar-refractivity contribution in [2.75, 3.05) is 13.2 Å². The highest BCUT2D eigenvalue weighted by atomic mass is 19.1. The Bertz CT molecular complexity index is 422. The highest BCUT2D eigenvalue weighted by molar-refractivity contribution is 5.76. The van der Waals surface area contributed by atoms with Gasteiger partial charge in [0.15, 0.2) is 0 Å². The Morgan fingerprint density at radius 2 is 2.06 bits per heavy atom. The molecule has 98 valence electrons. The van der Waals surface area contributed by atoms with E-state index < -0.39 is 5.54 Å². The van der Waals surface area contributed by atoms with E-state index in [0.29, 0.717) is 19.4 Å². The van der Waals surface area contributed by atoms with Crippen molar-refractivity contribution in [2.45, 2.75) is 24.8 Å². The summed E-state index contributed by atoms with van der Waals surface area (Å²) in [6, 6.07) is 5.95. The number of carbonyl (C=O) groups is 1. The van der Waals surface area contributed by atoms with Gasteiger partial charge in [0.05, 0.1) is 5.54 Å². The van der Waals surface area contributed by atoms with Gasteiger partial charge in [-0.3, -0.25) is 0 Å². The molecule has 1 saturated heterocycles. The number of amides is 2. The van der Waals surface area contributed by atoms with Gasteiger partial charge < -0.3 is 15.7 Å². The van der Waals surface area contributed by atoms with Crippen LogP contribution in [-0.4, -0.2) is 24.3 Å². The number of benzene rings is 1. The number of carbonyl (C=O) groups excluding carboxylic acids is 1. The molecule has 3 N–H and O–H groups in total. The van der Waals surface area contributed by atoms with Crippen LogP contribution in [0.4, 0.5) is 9.18 Å². The van der Waals surface area contributed by atoms with Gasteiger partial charge in [0.2, 0.25) is 0 Å². The van der Waals surface area contributed by atoms with Crippen molar-refractivity contribution < 1.29 is 14.3 Å². The SMILES string of the molecule is O=C1NCCC(CCCO)(c2ccc(F)cc2)N1. The lowest BCUT2D eigenvalue weighted by molar-refractivity contribution is 0.188. The number of rotatable bonds is 4. The third-order valence-corrected chi connectivity index (χ3v) is 3.35. The molecule has 4 nitrogen and oxygen atoms in total. The summed E-state index contributed by atoms with van der Waals surface area (Å²) in [5, 5.41) is 14.6. The number of hydrogen-bond donors (Lipinski definition) is 3. The van der Waals surface area contributed by atoms with Crippen molar-refractivity contribution in [1.29, 1.82) is 0 Å². The second-order valence-electron chi connectivity index (χ2n) is 4.55. The molecule has 5 heteroatoms. The molecule has 18 heavy (non-hydrogen) atoms. The molecule has 0 spiro atoms. The van der Waals surface area contributed by atoms with Gasteiger partial charge in [-0.1, -0.05) is 12.1 Å². The van der Waals surface area contributed by atoms with Gasteiger partial charge in [-0.05, 0) is 37.0 Å². The topological polar surface area (TPSA) is 61.4 Å². The number of urea groups is 1. The highest BCUT2D eigenvalue weighted by Crippen LogP contribution is 2.31. The second-order valence-corrected chi connectivity index (χ2v) is 4.55. The molecule has 1 aromatic carbocycles. The molecule has 1 heterocycles. The summed E-state index contributed by atoms with van der Waals surface area (Å²) >= 11 is 0. The van der Waals surface area contributed by atoms with Crippen LogP contribution in [0.25, 0.3) is 0 Å². The standard InChI is InChI=1S/C13H17FN2O2/c14-11-4-2-10(3-5-11)13(6-1-9-17)7-8-15-12(18)16-13/h2-5,17H,1,6-9H2,(H2,15,16,18). The molecular weight excluding hydrogens is 235 g/mol. The summed E-state index contributed by atoms with van der Waals surface area (Å²) in [7, 11) is 0. The lowest BCUT2D eigenvalue weighted by atomic mass is 9.81. The normalized spacial score (nSPS) is 23.3. The molecule has 1 aromatic rings. The molecule has 1 aliphatic rings. The van der Waals surface area contributed by atoms with E-state index >= 15 is 0 Å². The van der Waals surface area contributed by atoms with Crippen molar-refractivity contribution in [1.82, 2.24) is 10.6 Å². The van der Waals surface area contributed by atoms with Crippen LogP contribution in [0.2, 0.25) is 0 Å². The molecule has 1 fully saturated rings. The predicted molar refractivity (Wildman–Crippen MR) is 65.5 cm³/mol. The molecule has 0 radical (unpaired) electrons. The Morgan fingerprint density at radius 1 is 1.33 bits per heavy atom. The van der Waals surface area contributed by atoms with Crippen molar-refractivity contribution in [3.63, 3.8) is 0 Å². The molecule has 2 amide bonds. The van der Waals surface area contributed by atoms with Crippen LogP contribution in [0, 0.1) is 5.82 Å². The third-order valence-electron chi connectivity index (χ3n) is 3.35. The number of aliphatic hydroxyl groups is 1. The zero-order chi connectivity index (χ0) is 13.0. The lowest BCUT2D eigenvalue weighted by Crippen LogP contribution is -2.56. The summed E-state index contributed by atoms with van der Waals surface area (Å²) < 4.78 is 13.0. The Hall–Kier alpha value is -1.62. The Labute approximate surface area is 105 Å². The molecule has 2 rings (SSSR count). The van der Waals surface area contributed by atoms with Crippen LogP contribution in [0.15, 0.2) is 24.3 Å². The second kappa shape index (κ2) is 5.35. The van der Waals surface area contributed by atoms with Crippen molar-refractivity contribution in [3.05, 3.63) is 35.6 Å². The van der Waals surface area contributed by atoms with Crippen LogP contribution in [-0.2, 0) is 5.54 Å².